The largest absolute Gasteiger partial charge is 0.463 e. The van der Waals surface area contributed by atoms with Crippen molar-refractivity contribution < 1.29 is 23.6 Å². The maximum atomic E-state index is 12.3. The van der Waals surface area contributed by atoms with Crippen molar-refractivity contribution in [1.29, 1.82) is 0 Å². The van der Waals surface area contributed by atoms with Gasteiger partial charge in [-0.05, 0) is 6.42 Å². The highest BCUT2D eigenvalue weighted by Crippen LogP contribution is 2.19. The first-order chi connectivity index (χ1) is 11.6. The molecule has 0 spiro atoms. The highest BCUT2D eigenvalue weighted by atomic mass is 16.6. The Morgan fingerprint density at radius 1 is 1.25 bits per heavy atom. The number of esters is 2. The minimum absolute atomic E-state index is 0.0341. The second-order valence-electron chi connectivity index (χ2n) is 5.55. The van der Waals surface area contributed by atoms with Gasteiger partial charge in [-0.25, -0.2) is 18.7 Å². The molecule has 0 fully saturated rings. The molecule has 0 aliphatic rings. The van der Waals surface area contributed by atoms with Gasteiger partial charge in [0.25, 0.3) is 0 Å². The van der Waals surface area contributed by atoms with Gasteiger partial charge < -0.3 is 9.47 Å². The number of benzene rings is 1. The van der Waals surface area contributed by atoms with Crippen molar-refractivity contribution in [3.8, 4) is 0 Å². The van der Waals surface area contributed by atoms with Gasteiger partial charge >= 0.3 is 11.9 Å². The molecule has 6 nitrogen and oxygen atoms in total. The first-order valence-corrected chi connectivity index (χ1v) is 8.02. The first kappa shape index (κ1) is 17.7. The summed E-state index contributed by atoms with van der Waals surface area (Å²) < 4.78 is 14.1. The molecule has 0 bridgehead atoms. The predicted molar refractivity (Wildman–Crippen MR) is 86.8 cm³/mol. The summed E-state index contributed by atoms with van der Waals surface area (Å²) in [7, 11) is 1.86. The average Bonchev–Trinajstić information content (AvgIpc) is 2.98. The zero-order chi connectivity index (χ0) is 17.4. The van der Waals surface area contributed by atoms with Crippen LogP contribution in [0.1, 0.15) is 31.4 Å². The third-order valence-corrected chi connectivity index (χ3v) is 3.44. The molecular weight excluding hydrogens is 308 g/mol. The van der Waals surface area contributed by atoms with Crippen LogP contribution in [0, 0.1) is 0 Å². The van der Waals surface area contributed by atoms with E-state index in [9.17, 15) is 9.59 Å². The summed E-state index contributed by atoms with van der Waals surface area (Å²) >= 11 is 0. The van der Waals surface area contributed by atoms with Crippen LogP contribution in [0.15, 0.2) is 49.1 Å². The molecule has 0 saturated heterocycles. The molecule has 0 aliphatic carbocycles. The van der Waals surface area contributed by atoms with E-state index in [1.807, 2.05) is 30.8 Å². The maximum absolute atomic E-state index is 12.3. The van der Waals surface area contributed by atoms with E-state index in [1.54, 1.807) is 41.4 Å². The Hall–Kier alpha value is -2.63. The van der Waals surface area contributed by atoms with E-state index in [0.29, 0.717) is 12.2 Å². The zero-order valence-corrected chi connectivity index (χ0v) is 14.1. The molecule has 0 saturated carbocycles. The minimum Gasteiger partial charge on any atom is -0.463 e. The van der Waals surface area contributed by atoms with Crippen LogP contribution < -0.4 is 4.57 Å². The van der Waals surface area contributed by atoms with Gasteiger partial charge in [0.15, 0.2) is 6.54 Å². The van der Waals surface area contributed by atoms with Crippen molar-refractivity contribution in [2.45, 2.75) is 32.4 Å². The van der Waals surface area contributed by atoms with Crippen LogP contribution in [0.3, 0.4) is 0 Å². The minimum atomic E-state index is -1.04. The first-order valence-electron chi connectivity index (χ1n) is 8.02. The summed E-state index contributed by atoms with van der Waals surface area (Å²) in [6.45, 7) is 2.37. The molecule has 1 heterocycles. The van der Waals surface area contributed by atoms with Crippen LogP contribution in [0.4, 0.5) is 0 Å². The second-order valence-corrected chi connectivity index (χ2v) is 5.55. The zero-order valence-electron chi connectivity index (χ0n) is 14.1. The Morgan fingerprint density at radius 2 is 2.00 bits per heavy atom. The third kappa shape index (κ3) is 5.22. The molecular formula is C18H23N2O4+. The van der Waals surface area contributed by atoms with Gasteiger partial charge in [-0.1, -0.05) is 43.7 Å². The number of rotatable bonds is 8. The van der Waals surface area contributed by atoms with Crippen LogP contribution in [0.5, 0.6) is 0 Å². The lowest BCUT2D eigenvalue weighted by atomic mass is 10.1. The quantitative estimate of drug-likeness (QED) is 0.421. The van der Waals surface area contributed by atoms with E-state index in [1.165, 1.54) is 0 Å². The molecule has 24 heavy (non-hydrogen) atoms. The van der Waals surface area contributed by atoms with E-state index in [2.05, 4.69) is 0 Å². The van der Waals surface area contributed by atoms with Crippen molar-refractivity contribution in [1.82, 2.24) is 4.57 Å². The third-order valence-electron chi connectivity index (χ3n) is 3.44. The highest BCUT2D eigenvalue weighted by molar-refractivity contribution is 5.80. The fourth-order valence-corrected chi connectivity index (χ4v) is 2.19. The van der Waals surface area contributed by atoms with Crippen molar-refractivity contribution in [3.05, 3.63) is 54.6 Å². The van der Waals surface area contributed by atoms with E-state index >= 15 is 0 Å². The van der Waals surface area contributed by atoms with Gasteiger partial charge in [0.1, 0.15) is 12.4 Å². The van der Waals surface area contributed by atoms with Gasteiger partial charge in [-0.15, -0.1) is 0 Å². The summed E-state index contributed by atoms with van der Waals surface area (Å²) in [6.07, 6.45) is 6.01. The monoisotopic (exact) mass is 331 g/mol. The lowest BCUT2D eigenvalue weighted by Gasteiger charge is -2.16. The molecule has 6 heteroatoms. The fraction of sp³-hybridized carbons (Fsp3) is 0.389. The number of hydrogen-bond acceptors (Lipinski definition) is 4. The number of unbranched alkanes of at least 4 members (excludes halogenated alkanes) is 1. The lowest BCUT2D eigenvalue weighted by Crippen LogP contribution is -2.37. The Kier molecular flexibility index (Phi) is 6.54. The molecule has 2 aromatic rings. The second kappa shape index (κ2) is 8.86. The van der Waals surface area contributed by atoms with Crippen LogP contribution in [-0.2, 0) is 32.7 Å². The number of carbonyl (C=O) groups is 2. The van der Waals surface area contributed by atoms with Crippen LogP contribution in [0.2, 0.25) is 0 Å². The fourth-order valence-electron chi connectivity index (χ4n) is 2.19. The Labute approximate surface area is 141 Å². The summed E-state index contributed by atoms with van der Waals surface area (Å²) in [5.41, 5.74) is 0.602. The van der Waals surface area contributed by atoms with E-state index in [-0.39, 0.29) is 6.54 Å². The average molecular weight is 331 g/mol. The summed E-state index contributed by atoms with van der Waals surface area (Å²) in [6, 6.07) is 8.91. The molecule has 1 aromatic heterocycles. The van der Waals surface area contributed by atoms with Crippen LogP contribution in [0.25, 0.3) is 0 Å². The van der Waals surface area contributed by atoms with Crippen LogP contribution in [-0.4, -0.2) is 23.1 Å². The van der Waals surface area contributed by atoms with Gasteiger partial charge in [0, 0.05) is 5.56 Å². The number of nitrogens with zero attached hydrogens (tertiary/aromatic N) is 2. The molecule has 1 aromatic carbocycles. The maximum Gasteiger partial charge on any atom is 0.352 e. The van der Waals surface area contributed by atoms with E-state index < -0.39 is 18.0 Å². The molecule has 0 aliphatic heterocycles. The molecule has 1 unspecified atom stereocenters. The Morgan fingerprint density at radius 3 is 2.62 bits per heavy atom. The van der Waals surface area contributed by atoms with Crippen molar-refractivity contribution in [2.75, 3.05) is 6.61 Å². The van der Waals surface area contributed by atoms with Gasteiger partial charge in [0.2, 0.25) is 12.4 Å². The smallest absolute Gasteiger partial charge is 0.352 e. The van der Waals surface area contributed by atoms with E-state index in [0.717, 1.165) is 12.8 Å². The number of hydrogen-bond donors (Lipinski definition) is 0. The standard InChI is InChI=1S/C18H23N2O4/c1-3-4-12-23-18(22)17(15-8-6-5-7-9-15)24-16(21)13-20-11-10-19(2)14-20/h5-11,14,17H,3-4,12-13H2,1-2H3/q+1. The molecule has 0 radical (unpaired) electrons. The molecule has 2 rings (SSSR count). The highest BCUT2D eigenvalue weighted by Gasteiger charge is 2.27. The molecule has 1 atom stereocenters. The lowest BCUT2D eigenvalue weighted by molar-refractivity contribution is -0.685. The number of carbonyl (C=O) groups excluding carboxylic acids is 2. The van der Waals surface area contributed by atoms with Crippen molar-refractivity contribution in [2.24, 2.45) is 7.05 Å². The summed E-state index contributed by atoms with van der Waals surface area (Å²) in [5, 5.41) is 0. The van der Waals surface area contributed by atoms with Crippen LogP contribution >= 0.6 is 0 Å². The number of ether oxygens (including phenoxy) is 2. The number of aromatic nitrogens is 2. The molecule has 0 N–H and O–H groups in total. The Balaban J connectivity index is 2.04. The topological polar surface area (TPSA) is 61.4 Å². The normalized spacial score (nSPS) is 11.8. The van der Waals surface area contributed by atoms with Gasteiger partial charge in [0.05, 0.1) is 13.7 Å². The number of imidazole rings is 1. The summed E-state index contributed by atoms with van der Waals surface area (Å²) in [5.74, 6) is -1.03. The van der Waals surface area contributed by atoms with Gasteiger partial charge in [-0.2, -0.15) is 0 Å². The van der Waals surface area contributed by atoms with Crippen molar-refractivity contribution >= 4 is 11.9 Å². The van der Waals surface area contributed by atoms with E-state index in [4.69, 9.17) is 9.47 Å². The van der Waals surface area contributed by atoms with Crippen molar-refractivity contribution in [3.63, 3.8) is 0 Å². The molecule has 0 amide bonds. The SMILES string of the molecule is CCCCOC(=O)C(OC(=O)C[n+]1ccn(C)c1)c1ccccc1. The van der Waals surface area contributed by atoms with Gasteiger partial charge in [-0.3, -0.25) is 0 Å². The Bertz CT molecular complexity index is 667. The summed E-state index contributed by atoms with van der Waals surface area (Å²) in [4.78, 5) is 24.5. The number of aryl methyl sites for hydroxylation is 1. The molecule has 128 valence electrons. The predicted octanol–water partition coefficient (Wildman–Crippen LogP) is 1.94.